The zero-order valence-electron chi connectivity index (χ0n) is 10.3. The fourth-order valence-corrected chi connectivity index (χ4v) is 3.03. The van der Waals surface area contributed by atoms with Crippen LogP contribution in [0.1, 0.15) is 0 Å². The number of nitrogens with zero attached hydrogens (tertiary/aromatic N) is 1. The quantitative estimate of drug-likeness (QED) is 0.499. The monoisotopic (exact) mass is 374 g/mol. The highest BCUT2D eigenvalue weighted by atomic mass is 79.9. The molecule has 2 unspecified atom stereocenters. The van der Waals surface area contributed by atoms with E-state index in [9.17, 15) is 8.42 Å². The number of benzene rings is 1. The minimum Gasteiger partial charge on any atom is -0.200 e. The van der Waals surface area contributed by atoms with E-state index in [-0.39, 0.29) is 10.8 Å². The molecule has 4 nitrogen and oxygen atoms in total. The van der Waals surface area contributed by atoms with Crippen LogP contribution in [0.5, 0.6) is 0 Å². The Balaban J connectivity index is 2.07. The lowest BCUT2D eigenvalue weighted by Gasteiger charge is -2.23. The first-order valence-electron chi connectivity index (χ1n) is 5.76. The molecule has 0 fully saturated rings. The van der Waals surface area contributed by atoms with Crippen molar-refractivity contribution in [2.45, 2.75) is 8.68 Å². The molecular formula is C13H12BrClN2O2S. The molecular weight excluding hydrogens is 364 g/mol. The van der Waals surface area contributed by atoms with E-state index in [2.05, 4.69) is 25.9 Å². The molecule has 0 amide bonds. The second kappa shape index (κ2) is 6.11. The highest BCUT2D eigenvalue weighted by Gasteiger charge is 2.30. The summed E-state index contributed by atoms with van der Waals surface area (Å²) in [6, 6.07) is 8.04. The SMILES string of the molecule is O=S(=O)(N/N=C/C1C=CC=CC1(Cl)Br)c1ccccc1. The van der Waals surface area contributed by atoms with E-state index in [0.717, 1.165) is 0 Å². The fourth-order valence-electron chi connectivity index (χ4n) is 1.59. The van der Waals surface area contributed by atoms with Gasteiger partial charge in [0, 0.05) is 12.1 Å². The maximum atomic E-state index is 11.9. The maximum absolute atomic E-state index is 11.9. The number of hydrazone groups is 1. The Morgan fingerprint density at radius 2 is 2.00 bits per heavy atom. The first-order chi connectivity index (χ1) is 9.42. The third-order valence-electron chi connectivity index (χ3n) is 2.65. The van der Waals surface area contributed by atoms with Gasteiger partial charge in [0.25, 0.3) is 10.0 Å². The molecule has 7 heteroatoms. The van der Waals surface area contributed by atoms with E-state index in [0.29, 0.717) is 0 Å². The molecule has 106 valence electrons. The molecule has 2 rings (SSSR count). The van der Waals surface area contributed by atoms with Crippen molar-refractivity contribution in [2.75, 3.05) is 0 Å². The van der Waals surface area contributed by atoms with E-state index < -0.39 is 13.8 Å². The number of hydrogen-bond acceptors (Lipinski definition) is 3. The number of rotatable bonds is 4. The van der Waals surface area contributed by atoms with Crippen LogP contribution < -0.4 is 4.83 Å². The lowest BCUT2D eigenvalue weighted by atomic mass is 10.0. The van der Waals surface area contributed by atoms with Gasteiger partial charge in [-0.2, -0.15) is 13.5 Å². The van der Waals surface area contributed by atoms with Crippen molar-refractivity contribution in [3.8, 4) is 0 Å². The minimum atomic E-state index is -3.65. The zero-order valence-corrected chi connectivity index (χ0v) is 13.4. The molecule has 0 bridgehead atoms. The molecule has 0 aliphatic heterocycles. The maximum Gasteiger partial charge on any atom is 0.276 e. The summed E-state index contributed by atoms with van der Waals surface area (Å²) in [6.07, 6.45) is 8.66. The van der Waals surface area contributed by atoms with Crippen LogP contribution in [0, 0.1) is 5.92 Å². The molecule has 0 radical (unpaired) electrons. The highest BCUT2D eigenvalue weighted by Crippen LogP contribution is 2.36. The molecule has 1 N–H and O–H groups in total. The Labute approximate surface area is 131 Å². The Kier molecular flexibility index (Phi) is 4.67. The molecule has 1 aliphatic rings. The second-order valence-corrected chi connectivity index (χ2v) is 8.19. The van der Waals surface area contributed by atoms with Gasteiger partial charge < -0.3 is 0 Å². The summed E-state index contributed by atoms with van der Waals surface area (Å²) in [5, 5.41) is 3.78. The third-order valence-corrected chi connectivity index (χ3v) is 5.06. The number of sulfonamides is 1. The van der Waals surface area contributed by atoms with Gasteiger partial charge in [-0.1, -0.05) is 58.4 Å². The molecule has 1 aromatic rings. The van der Waals surface area contributed by atoms with Gasteiger partial charge >= 0.3 is 0 Å². The van der Waals surface area contributed by atoms with Gasteiger partial charge in [-0.05, 0) is 12.1 Å². The van der Waals surface area contributed by atoms with Crippen molar-refractivity contribution < 1.29 is 8.42 Å². The fraction of sp³-hybridized carbons (Fsp3) is 0.154. The van der Waals surface area contributed by atoms with Gasteiger partial charge in [-0.25, -0.2) is 4.83 Å². The molecule has 1 aromatic carbocycles. The third kappa shape index (κ3) is 3.71. The predicted molar refractivity (Wildman–Crippen MR) is 84.5 cm³/mol. The van der Waals surface area contributed by atoms with E-state index in [1.165, 1.54) is 18.3 Å². The van der Waals surface area contributed by atoms with E-state index in [4.69, 9.17) is 11.6 Å². The zero-order chi connectivity index (χ0) is 14.6. The van der Waals surface area contributed by atoms with Crippen LogP contribution in [-0.2, 0) is 10.0 Å². The van der Waals surface area contributed by atoms with Crippen LogP contribution in [-0.4, -0.2) is 18.4 Å². The second-order valence-electron chi connectivity index (χ2n) is 4.13. The number of hydrogen-bond donors (Lipinski definition) is 1. The van der Waals surface area contributed by atoms with E-state index >= 15 is 0 Å². The summed E-state index contributed by atoms with van der Waals surface area (Å²) in [6.45, 7) is 0. The highest BCUT2D eigenvalue weighted by molar-refractivity contribution is 9.10. The van der Waals surface area contributed by atoms with Gasteiger partial charge in [0.15, 0.2) is 0 Å². The molecule has 20 heavy (non-hydrogen) atoms. The Bertz CT molecular complexity index is 654. The largest absolute Gasteiger partial charge is 0.276 e. The number of halogens is 2. The van der Waals surface area contributed by atoms with Gasteiger partial charge in [-0.3, -0.25) is 0 Å². The molecule has 1 aliphatic carbocycles. The lowest BCUT2D eigenvalue weighted by molar-refractivity contribution is 0.584. The van der Waals surface area contributed by atoms with Crippen molar-refractivity contribution in [1.29, 1.82) is 0 Å². The van der Waals surface area contributed by atoms with E-state index in [1.807, 2.05) is 12.2 Å². The molecule has 0 saturated heterocycles. The molecule has 2 atom stereocenters. The average Bonchev–Trinajstić information content (AvgIpc) is 2.41. The summed E-state index contributed by atoms with van der Waals surface area (Å²) in [7, 11) is -3.65. The Morgan fingerprint density at radius 1 is 1.30 bits per heavy atom. The van der Waals surface area contributed by atoms with Gasteiger partial charge in [0.1, 0.15) is 3.78 Å². The summed E-state index contributed by atoms with van der Waals surface area (Å²) < 4.78 is 23.1. The molecule has 0 spiro atoms. The van der Waals surface area contributed by atoms with Gasteiger partial charge in [-0.15, -0.1) is 11.6 Å². The van der Waals surface area contributed by atoms with Crippen LogP contribution in [0.25, 0.3) is 0 Å². The van der Waals surface area contributed by atoms with Crippen LogP contribution >= 0.6 is 27.5 Å². The van der Waals surface area contributed by atoms with Crippen LogP contribution in [0.15, 0.2) is 64.6 Å². The summed E-state index contributed by atoms with van der Waals surface area (Å²) in [5.74, 6) is -0.257. The van der Waals surface area contributed by atoms with Crippen molar-refractivity contribution in [3.63, 3.8) is 0 Å². The standard InChI is InChI=1S/C13H12BrClN2O2S/c14-13(15)9-5-4-6-11(13)10-16-17-20(18,19)12-7-2-1-3-8-12/h1-11,17H/b16-10+. The number of alkyl halides is 2. The predicted octanol–water partition coefficient (Wildman–Crippen LogP) is 3.02. The first kappa shape index (κ1) is 15.3. The van der Waals surface area contributed by atoms with Gasteiger partial charge in [0.2, 0.25) is 0 Å². The summed E-state index contributed by atoms with van der Waals surface area (Å²) in [4.78, 5) is 2.32. The van der Waals surface area contributed by atoms with Crippen molar-refractivity contribution >= 4 is 43.8 Å². The topological polar surface area (TPSA) is 58.5 Å². The van der Waals surface area contributed by atoms with Crippen molar-refractivity contribution in [3.05, 3.63) is 54.6 Å². The van der Waals surface area contributed by atoms with Crippen LogP contribution in [0.3, 0.4) is 0 Å². The lowest BCUT2D eigenvalue weighted by Crippen LogP contribution is -2.26. The van der Waals surface area contributed by atoms with Crippen LogP contribution in [0.4, 0.5) is 0 Å². The Hall–Kier alpha value is -1.11. The summed E-state index contributed by atoms with van der Waals surface area (Å²) in [5.41, 5.74) is 0. The molecule has 0 saturated carbocycles. The average molecular weight is 376 g/mol. The summed E-state index contributed by atoms with van der Waals surface area (Å²) >= 11 is 9.56. The number of nitrogens with one attached hydrogen (secondary N) is 1. The van der Waals surface area contributed by atoms with Crippen molar-refractivity contribution in [2.24, 2.45) is 11.0 Å². The molecule has 0 heterocycles. The Morgan fingerprint density at radius 3 is 2.65 bits per heavy atom. The van der Waals surface area contributed by atoms with E-state index in [1.54, 1.807) is 30.4 Å². The minimum absolute atomic E-state index is 0.159. The van der Waals surface area contributed by atoms with Crippen molar-refractivity contribution in [1.82, 2.24) is 4.83 Å². The van der Waals surface area contributed by atoms with Crippen LogP contribution in [0.2, 0.25) is 0 Å². The first-order valence-corrected chi connectivity index (χ1v) is 8.41. The number of allylic oxidation sites excluding steroid dienone is 4. The smallest absolute Gasteiger partial charge is 0.200 e. The normalized spacial score (nSPS) is 26.0. The molecule has 0 aromatic heterocycles. The van der Waals surface area contributed by atoms with Gasteiger partial charge in [0.05, 0.1) is 4.90 Å².